The topological polar surface area (TPSA) is 41.6 Å². The van der Waals surface area contributed by atoms with E-state index in [2.05, 4.69) is 34.5 Å². The number of rotatable bonds is 5. The molecule has 132 valence electrons. The first-order valence-electron chi connectivity index (χ1n) is 8.63. The minimum atomic E-state index is -0.195. The molecular weight excluding hydrogens is 336 g/mol. The normalized spacial score (nSPS) is 14.2. The third-order valence-corrected chi connectivity index (χ3v) is 4.75. The molecule has 0 bridgehead atoms. The lowest BCUT2D eigenvalue weighted by atomic mass is 10.1. The molecule has 2 aromatic rings. The maximum atomic E-state index is 12.4. The molecule has 1 aliphatic heterocycles. The molecule has 0 aliphatic carbocycles. The van der Waals surface area contributed by atoms with Gasteiger partial charge in [-0.15, -0.1) is 0 Å². The fourth-order valence-electron chi connectivity index (χ4n) is 3.11. The number of ether oxygens (including phenoxy) is 1. The fourth-order valence-corrected chi connectivity index (χ4v) is 3.28. The summed E-state index contributed by atoms with van der Waals surface area (Å²) in [4.78, 5) is 14.8. The lowest BCUT2D eigenvalue weighted by molar-refractivity contribution is 0.0948. The summed E-state index contributed by atoms with van der Waals surface area (Å²) < 4.78 is 5.23. The molecule has 2 aromatic carbocycles. The molecule has 25 heavy (non-hydrogen) atoms. The predicted molar refractivity (Wildman–Crippen MR) is 102 cm³/mol. The van der Waals surface area contributed by atoms with Crippen molar-refractivity contribution < 1.29 is 9.53 Å². The summed E-state index contributed by atoms with van der Waals surface area (Å²) in [5.74, 6) is 0.321. The zero-order valence-electron chi connectivity index (χ0n) is 14.4. The van der Waals surface area contributed by atoms with Crippen LogP contribution in [-0.2, 0) is 6.54 Å². The average Bonchev–Trinajstić information content (AvgIpc) is 2.67. The third kappa shape index (κ3) is 4.45. The fraction of sp³-hybridized carbons (Fsp3) is 0.350. The van der Waals surface area contributed by atoms with Crippen molar-refractivity contribution in [1.82, 2.24) is 5.32 Å². The Morgan fingerprint density at radius 2 is 1.84 bits per heavy atom. The van der Waals surface area contributed by atoms with Crippen LogP contribution in [-0.4, -0.2) is 26.1 Å². The van der Waals surface area contributed by atoms with Gasteiger partial charge in [0.15, 0.2) is 0 Å². The van der Waals surface area contributed by atoms with Crippen LogP contribution in [0.1, 0.15) is 35.2 Å². The van der Waals surface area contributed by atoms with E-state index < -0.39 is 0 Å². The number of methoxy groups -OCH3 is 1. The van der Waals surface area contributed by atoms with Crippen molar-refractivity contribution in [3.05, 3.63) is 58.6 Å². The number of carbonyl (C=O) groups is 1. The standard InChI is InChI=1S/C20H23ClN2O2/c1-25-19-10-7-16(21)13-18(19)20(24)22-14-15-5-8-17(9-6-15)23-11-3-2-4-12-23/h5-10,13H,2-4,11-12,14H2,1H3,(H,22,24). The van der Waals surface area contributed by atoms with Crippen molar-refractivity contribution >= 4 is 23.2 Å². The number of anilines is 1. The number of hydrogen-bond donors (Lipinski definition) is 1. The first-order valence-corrected chi connectivity index (χ1v) is 9.01. The maximum Gasteiger partial charge on any atom is 0.255 e. The van der Waals surface area contributed by atoms with Crippen molar-refractivity contribution in [2.75, 3.05) is 25.1 Å². The highest BCUT2D eigenvalue weighted by Gasteiger charge is 2.13. The molecule has 3 rings (SSSR count). The molecule has 4 nitrogen and oxygen atoms in total. The molecule has 0 saturated carbocycles. The second-order valence-electron chi connectivity index (χ2n) is 6.24. The van der Waals surface area contributed by atoms with Crippen molar-refractivity contribution in [3.63, 3.8) is 0 Å². The number of carbonyl (C=O) groups excluding carboxylic acids is 1. The summed E-state index contributed by atoms with van der Waals surface area (Å²) in [7, 11) is 1.54. The van der Waals surface area contributed by atoms with Crippen LogP contribution in [0.5, 0.6) is 5.75 Å². The Morgan fingerprint density at radius 1 is 1.12 bits per heavy atom. The van der Waals surface area contributed by atoms with E-state index in [1.165, 1.54) is 24.9 Å². The number of halogens is 1. The molecule has 0 radical (unpaired) electrons. The van der Waals surface area contributed by atoms with Gasteiger partial charge in [0.25, 0.3) is 5.91 Å². The molecule has 0 spiro atoms. The van der Waals surface area contributed by atoms with Gasteiger partial charge in [-0.25, -0.2) is 0 Å². The van der Waals surface area contributed by atoms with Crippen LogP contribution in [0.2, 0.25) is 5.02 Å². The Morgan fingerprint density at radius 3 is 2.52 bits per heavy atom. The zero-order valence-corrected chi connectivity index (χ0v) is 15.2. The van der Waals surface area contributed by atoms with Crippen molar-refractivity contribution in [1.29, 1.82) is 0 Å². The second kappa shape index (κ2) is 8.26. The summed E-state index contributed by atoms with van der Waals surface area (Å²) in [5.41, 5.74) is 2.77. The number of piperidine rings is 1. The molecule has 1 N–H and O–H groups in total. The van der Waals surface area contributed by atoms with Crippen molar-refractivity contribution in [3.8, 4) is 5.75 Å². The Hall–Kier alpha value is -2.20. The van der Waals surface area contributed by atoms with Gasteiger partial charge in [-0.1, -0.05) is 23.7 Å². The lowest BCUT2D eigenvalue weighted by Gasteiger charge is -2.28. The van der Waals surface area contributed by atoms with Crippen LogP contribution in [0, 0.1) is 0 Å². The molecule has 5 heteroatoms. The summed E-state index contributed by atoms with van der Waals surface area (Å²) in [6.45, 7) is 2.73. The molecule has 1 heterocycles. The van der Waals surface area contributed by atoms with Crippen LogP contribution in [0.25, 0.3) is 0 Å². The monoisotopic (exact) mass is 358 g/mol. The first-order chi connectivity index (χ1) is 12.2. The molecule has 1 amide bonds. The Bertz CT molecular complexity index is 725. The minimum Gasteiger partial charge on any atom is -0.496 e. The van der Waals surface area contributed by atoms with E-state index in [1.807, 2.05) is 0 Å². The second-order valence-corrected chi connectivity index (χ2v) is 6.68. The maximum absolute atomic E-state index is 12.4. The van der Waals surface area contributed by atoms with Crippen LogP contribution in [0.3, 0.4) is 0 Å². The van der Waals surface area contributed by atoms with Gasteiger partial charge in [-0.3, -0.25) is 4.79 Å². The van der Waals surface area contributed by atoms with Crippen molar-refractivity contribution in [2.24, 2.45) is 0 Å². The number of hydrogen-bond acceptors (Lipinski definition) is 3. The van der Waals surface area contributed by atoms with Crippen LogP contribution < -0.4 is 15.0 Å². The van der Waals surface area contributed by atoms with Gasteiger partial charge in [0.2, 0.25) is 0 Å². The molecule has 0 atom stereocenters. The van der Waals surface area contributed by atoms with E-state index in [1.54, 1.807) is 25.3 Å². The van der Waals surface area contributed by atoms with E-state index in [0.717, 1.165) is 18.7 Å². The number of amides is 1. The summed E-state index contributed by atoms with van der Waals surface area (Å²) in [5, 5.41) is 3.44. The smallest absolute Gasteiger partial charge is 0.255 e. The predicted octanol–water partition coefficient (Wildman–Crippen LogP) is 4.27. The van der Waals surface area contributed by atoms with Crippen molar-refractivity contribution in [2.45, 2.75) is 25.8 Å². The first kappa shape index (κ1) is 17.6. The third-order valence-electron chi connectivity index (χ3n) is 4.52. The average molecular weight is 359 g/mol. The highest BCUT2D eigenvalue weighted by atomic mass is 35.5. The largest absolute Gasteiger partial charge is 0.496 e. The molecule has 0 aromatic heterocycles. The van der Waals surface area contributed by atoms with Crippen LogP contribution >= 0.6 is 11.6 Å². The number of nitrogens with zero attached hydrogens (tertiary/aromatic N) is 1. The van der Waals surface area contributed by atoms with Crippen LogP contribution in [0.4, 0.5) is 5.69 Å². The van der Waals surface area contributed by atoms with Gasteiger partial charge >= 0.3 is 0 Å². The highest BCUT2D eigenvalue weighted by Crippen LogP contribution is 2.23. The van der Waals surface area contributed by atoms with E-state index in [4.69, 9.17) is 16.3 Å². The quantitative estimate of drug-likeness (QED) is 0.867. The molecular formula is C20H23ClN2O2. The Labute approximate surface area is 153 Å². The van der Waals surface area contributed by atoms with Gasteiger partial charge in [0.1, 0.15) is 5.75 Å². The van der Waals surface area contributed by atoms with E-state index >= 15 is 0 Å². The van der Waals surface area contributed by atoms with Crippen LogP contribution in [0.15, 0.2) is 42.5 Å². The summed E-state index contributed by atoms with van der Waals surface area (Å²) in [6.07, 6.45) is 3.85. The SMILES string of the molecule is COc1ccc(Cl)cc1C(=O)NCc1ccc(N2CCCCC2)cc1. The minimum absolute atomic E-state index is 0.195. The van der Waals surface area contributed by atoms with Gasteiger partial charge in [-0.05, 0) is 55.2 Å². The zero-order chi connectivity index (χ0) is 17.6. The van der Waals surface area contributed by atoms with E-state index in [-0.39, 0.29) is 5.91 Å². The summed E-state index contributed by atoms with van der Waals surface area (Å²) in [6, 6.07) is 13.4. The Balaban J connectivity index is 1.61. The lowest BCUT2D eigenvalue weighted by Crippen LogP contribution is -2.29. The Kier molecular flexibility index (Phi) is 5.82. The van der Waals surface area contributed by atoms with E-state index in [0.29, 0.717) is 22.9 Å². The van der Waals surface area contributed by atoms with Gasteiger partial charge < -0.3 is 15.0 Å². The summed E-state index contributed by atoms with van der Waals surface area (Å²) >= 11 is 5.99. The van der Waals surface area contributed by atoms with Gasteiger partial charge in [0.05, 0.1) is 12.7 Å². The molecule has 0 unspecified atom stereocenters. The van der Waals surface area contributed by atoms with E-state index in [9.17, 15) is 4.79 Å². The van der Waals surface area contributed by atoms with Gasteiger partial charge in [-0.2, -0.15) is 0 Å². The van der Waals surface area contributed by atoms with Gasteiger partial charge in [0, 0.05) is 30.3 Å². The molecule has 1 saturated heterocycles. The highest BCUT2D eigenvalue weighted by molar-refractivity contribution is 6.31. The number of nitrogens with one attached hydrogen (secondary N) is 1. The molecule has 1 fully saturated rings. The molecule has 1 aliphatic rings. The number of benzene rings is 2.